The monoisotopic (exact) mass is 562 g/mol. The van der Waals surface area contributed by atoms with Crippen LogP contribution in [0.15, 0.2) is 72.3 Å². The summed E-state index contributed by atoms with van der Waals surface area (Å²) < 4.78 is 1.71. The van der Waals surface area contributed by atoms with Gasteiger partial charge in [-0.1, -0.05) is 12.1 Å². The lowest BCUT2D eigenvalue weighted by molar-refractivity contribution is 0.255. The number of aromatic nitrogens is 7. The number of piperidine rings is 1. The maximum Gasteiger partial charge on any atom is 0.260 e. The van der Waals surface area contributed by atoms with Crippen LogP contribution in [-0.2, 0) is 6.54 Å². The van der Waals surface area contributed by atoms with Gasteiger partial charge in [-0.3, -0.25) is 14.3 Å². The van der Waals surface area contributed by atoms with Gasteiger partial charge in [0.15, 0.2) is 5.82 Å². The van der Waals surface area contributed by atoms with Crippen LogP contribution in [0.1, 0.15) is 24.3 Å². The highest BCUT2D eigenvalue weighted by atomic mass is 16.1. The molecule has 0 bridgehead atoms. The number of rotatable bonds is 8. The number of hydrogen-bond acceptors (Lipinski definition) is 10. The Hall–Kier alpha value is -4.61. The van der Waals surface area contributed by atoms with Crippen molar-refractivity contribution in [1.82, 2.24) is 44.3 Å². The van der Waals surface area contributed by atoms with E-state index in [4.69, 9.17) is 4.98 Å². The van der Waals surface area contributed by atoms with Crippen molar-refractivity contribution >= 4 is 22.7 Å². The molecular weight excluding hydrogens is 528 g/mol. The Balaban J connectivity index is 1.30. The van der Waals surface area contributed by atoms with Crippen LogP contribution in [0.25, 0.3) is 33.7 Å². The highest BCUT2D eigenvalue weighted by Gasteiger charge is 2.19. The Morgan fingerprint density at radius 2 is 1.71 bits per heavy atom. The second-order valence-corrected chi connectivity index (χ2v) is 11.0. The molecular formula is C31H34N10O. The maximum absolute atomic E-state index is 13.8. The highest BCUT2D eigenvalue weighted by molar-refractivity contribution is 5.81. The van der Waals surface area contributed by atoms with Gasteiger partial charge in [-0.2, -0.15) is 4.98 Å². The molecule has 0 aliphatic carbocycles. The topological polar surface area (TPSA) is 118 Å². The number of benzene rings is 1. The SMILES string of the molecule is CN(C)CCn1c(=O)c(-c2cnc(-c3cnccn3)nc2)cc2cnc(Nc3ccc(C4CCN(C)CC4)cc3)nc21. The summed E-state index contributed by atoms with van der Waals surface area (Å²) in [7, 11) is 6.14. The van der Waals surface area contributed by atoms with Gasteiger partial charge in [0.05, 0.1) is 11.8 Å². The quantitative estimate of drug-likeness (QED) is 0.299. The van der Waals surface area contributed by atoms with Crippen LogP contribution in [0.4, 0.5) is 11.6 Å². The van der Waals surface area contributed by atoms with Gasteiger partial charge in [0, 0.05) is 60.7 Å². The third kappa shape index (κ3) is 6.02. The molecule has 0 amide bonds. The summed E-state index contributed by atoms with van der Waals surface area (Å²) in [6, 6.07) is 10.3. The molecule has 1 N–H and O–H groups in total. The third-order valence-corrected chi connectivity index (χ3v) is 7.71. The van der Waals surface area contributed by atoms with E-state index in [1.165, 1.54) is 18.4 Å². The summed E-state index contributed by atoms with van der Waals surface area (Å²) in [6.45, 7) is 3.41. The number of hydrogen-bond donors (Lipinski definition) is 1. The lowest BCUT2D eigenvalue weighted by atomic mass is 9.89. The molecule has 0 atom stereocenters. The lowest BCUT2D eigenvalue weighted by Gasteiger charge is -2.29. The van der Waals surface area contributed by atoms with Crippen LogP contribution >= 0.6 is 0 Å². The minimum atomic E-state index is -0.160. The van der Waals surface area contributed by atoms with Crippen molar-refractivity contribution in [2.45, 2.75) is 25.3 Å². The fourth-order valence-corrected chi connectivity index (χ4v) is 5.26. The summed E-state index contributed by atoms with van der Waals surface area (Å²) in [5.41, 5.74) is 4.35. The molecule has 1 aliphatic rings. The van der Waals surface area contributed by atoms with Gasteiger partial charge >= 0.3 is 0 Å². The van der Waals surface area contributed by atoms with Crippen molar-refractivity contribution in [3.63, 3.8) is 0 Å². The zero-order chi connectivity index (χ0) is 29.1. The summed E-state index contributed by atoms with van der Waals surface area (Å²) in [4.78, 5) is 44.8. The Bertz CT molecular complexity index is 1710. The van der Waals surface area contributed by atoms with E-state index in [1.807, 2.05) is 25.1 Å². The second kappa shape index (κ2) is 12.1. The first-order valence-electron chi connectivity index (χ1n) is 14.1. The Labute approximate surface area is 244 Å². The number of likely N-dealkylation sites (tertiary alicyclic amines) is 1. The summed E-state index contributed by atoms with van der Waals surface area (Å²) >= 11 is 0. The van der Waals surface area contributed by atoms with E-state index in [1.54, 1.807) is 41.7 Å². The normalized spacial score (nSPS) is 14.5. The molecule has 42 heavy (non-hydrogen) atoms. The van der Waals surface area contributed by atoms with E-state index in [0.29, 0.717) is 53.2 Å². The fraction of sp³-hybridized carbons (Fsp3) is 0.323. The van der Waals surface area contributed by atoms with E-state index in [0.717, 1.165) is 24.2 Å². The molecule has 11 nitrogen and oxygen atoms in total. The number of fused-ring (bicyclic) bond motifs is 1. The summed E-state index contributed by atoms with van der Waals surface area (Å²) in [5.74, 6) is 1.48. The van der Waals surface area contributed by atoms with Crippen molar-refractivity contribution in [3.05, 3.63) is 83.4 Å². The molecule has 0 saturated carbocycles. The molecule has 5 aromatic rings. The first-order valence-corrected chi connectivity index (χ1v) is 14.1. The predicted octanol–water partition coefficient (Wildman–Crippen LogP) is 3.82. The van der Waals surface area contributed by atoms with Crippen LogP contribution < -0.4 is 10.9 Å². The second-order valence-electron chi connectivity index (χ2n) is 11.0. The molecule has 1 aromatic carbocycles. The number of nitrogens with one attached hydrogen (secondary N) is 1. The van der Waals surface area contributed by atoms with E-state index >= 15 is 0 Å². The van der Waals surface area contributed by atoms with E-state index in [-0.39, 0.29) is 5.56 Å². The van der Waals surface area contributed by atoms with Crippen LogP contribution in [0.3, 0.4) is 0 Å². The number of likely N-dealkylation sites (N-methyl/N-ethyl adjacent to an activating group) is 1. The van der Waals surface area contributed by atoms with Gasteiger partial charge in [0.2, 0.25) is 5.95 Å². The molecule has 0 radical (unpaired) electrons. The number of anilines is 2. The van der Waals surface area contributed by atoms with Gasteiger partial charge in [-0.25, -0.2) is 19.9 Å². The largest absolute Gasteiger partial charge is 0.324 e. The molecule has 214 valence electrons. The van der Waals surface area contributed by atoms with Crippen molar-refractivity contribution in [2.75, 3.05) is 46.1 Å². The number of nitrogens with zero attached hydrogens (tertiary/aromatic N) is 9. The van der Waals surface area contributed by atoms with E-state index < -0.39 is 0 Å². The molecule has 5 heterocycles. The van der Waals surface area contributed by atoms with Crippen LogP contribution in [0, 0.1) is 0 Å². The first-order chi connectivity index (χ1) is 20.4. The summed E-state index contributed by atoms with van der Waals surface area (Å²) in [5, 5.41) is 4.08. The average Bonchev–Trinajstić information content (AvgIpc) is 3.02. The van der Waals surface area contributed by atoms with Crippen molar-refractivity contribution < 1.29 is 0 Å². The average molecular weight is 563 g/mol. The molecule has 0 spiro atoms. The van der Waals surface area contributed by atoms with Gasteiger partial charge < -0.3 is 15.1 Å². The Kier molecular flexibility index (Phi) is 7.93. The van der Waals surface area contributed by atoms with Crippen molar-refractivity contribution in [3.8, 4) is 22.6 Å². The van der Waals surface area contributed by atoms with Crippen LogP contribution in [-0.4, -0.2) is 85.0 Å². The maximum atomic E-state index is 13.8. The Morgan fingerprint density at radius 3 is 2.40 bits per heavy atom. The molecule has 6 rings (SSSR count). The highest BCUT2D eigenvalue weighted by Crippen LogP contribution is 2.29. The van der Waals surface area contributed by atoms with E-state index in [9.17, 15) is 4.79 Å². The van der Waals surface area contributed by atoms with Gasteiger partial charge in [-0.15, -0.1) is 0 Å². The smallest absolute Gasteiger partial charge is 0.260 e. The minimum Gasteiger partial charge on any atom is -0.324 e. The van der Waals surface area contributed by atoms with Gasteiger partial charge in [-0.05, 0) is 76.8 Å². The molecule has 1 saturated heterocycles. The fourth-order valence-electron chi connectivity index (χ4n) is 5.26. The standard InChI is InChI=1S/C31H34N10O/c1-39(2)14-15-41-29-23(16-26(30(41)42)24-18-34-28(35-19-24)27-20-32-10-11-33-27)17-36-31(38-29)37-25-6-4-21(5-7-25)22-8-12-40(3)13-9-22/h4-7,10-11,16-20,22H,8-9,12-15H2,1-3H3,(H,36,37,38). The van der Waals surface area contributed by atoms with Crippen molar-refractivity contribution in [1.29, 1.82) is 0 Å². The van der Waals surface area contributed by atoms with E-state index in [2.05, 4.69) is 66.4 Å². The third-order valence-electron chi connectivity index (χ3n) is 7.71. The van der Waals surface area contributed by atoms with Crippen molar-refractivity contribution in [2.24, 2.45) is 0 Å². The lowest BCUT2D eigenvalue weighted by Crippen LogP contribution is -2.29. The molecule has 11 heteroatoms. The Morgan fingerprint density at radius 1 is 0.952 bits per heavy atom. The molecule has 0 unspecified atom stereocenters. The van der Waals surface area contributed by atoms with Gasteiger partial charge in [0.1, 0.15) is 11.3 Å². The number of pyridine rings is 1. The first kappa shape index (κ1) is 27.6. The van der Waals surface area contributed by atoms with Crippen LogP contribution in [0.2, 0.25) is 0 Å². The van der Waals surface area contributed by atoms with Crippen LogP contribution in [0.5, 0.6) is 0 Å². The summed E-state index contributed by atoms with van der Waals surface area (Å²) in [6.07, 6.45) is 12.2. The van der Waals surface area contributed by atoms with Gasteiger partial charge in [0.25, 0.3) is 5.56 Å². The molecule has 1 fully saturated rings. The molecule has 1 aliphatic heterocycles. The zero-order valence-electron chi connectivity index (χ0n) is 24.1. The zero-order valence-corrected chi connectivity index (χ0v) is 24.1. The molecule has 4 aromatic heterocycles. The minimum absolute atomic E-state index is 0.160. The predicted molar refractivity (Wildman–Crippen MR) is 164 cm³/mol.